The summed E-state index contributed by atoms with van der Waals surface area (Å²) in [7, 11) is 6.44. The van der Waals surface area contributed by atoms with Crippen molar-refractivity contribution in [3.8, 4) is 17.2 Å². The van der Waals surface area contributed by atoms with E-state index < -0.39 is 12.0 Å². The van der Waals surface area contributed by atoms with Crippen molar-refractivity contribution in [3.63, 3.8) is 0 Å². The predicted molar refractivity (Wildman–Crippen MR) is 143 cm³/mol. The van der Waals surface area contributed by atoms with Gasteiger partial charge in [-0.15, -0.1) is 0 Å². The summed E-state index contributed by atoms with van der Waals surface area (Å²) >= 11 is 0. The average molecular weight is 517 g/mol. The van der Waals surface area contributed by atoms with Gasteiger partial charge in [-0.2, -0.15) is 0 Å². The van der Waals surface area contributed by atoms with Crippen molar-refractivity contribution >= 4 is 17.6 Å². The molecule has 0 bridgehead atoms. The highest BCUT2D eigenvalue weighted by Gasteiger charge is 2.45. The highest BCUT2D eigenvalue weighted by Crippen LogP contribution is 2.46. The van der Waals surface area contributed by atoms with Crippen LogP contribution in [-0.2, 0) is 4.79 Å². The third-order valence-electron chi connectivity index (χ3n) is 7.46. The Balaban J connectivity index is 1.54. The van der Waals surface area contributed by atoms with E-state index in [-0.39, 0.29) is 11.8 Å². The molecule has 9 heteroatoms. The Morgan fingerprint density at radius 2 is 1.58 bits per heavy atom. The molecule has 2 aromatic carbocycles. The van der Waals surface area contributed by atoms with Crippen LogP contribution in [0, 0.1) is 0 Å². The lowest BCUT2D eigenvalue weighted by Crippen LogP contribution is -2.53. The number of fused-ring (bicyclic) bond motifs is 1. The van der Waals surface area contributed by atoms with E-state index in [1.54, 1.807) is 44.5 Å². The van der Waals surface area contributed by atoms with Crippen molar-refractivity contribution in [2.24, 2.45) is 0 Å². The molecule has 5 rings (SSSR count). The number of methoxy groups -OCH3 is 3. The molecular weight excluding hydrogens is 484 g/mol. The molecule has 2 aliphatic heterocycles. The predicted octanol–water partition coefficient (Wildman–Crippen LogP) is 3.37. The summed E-state index contributed by atoms with van der Waals surface area (Å²) in [6.45, 7) is 2.47. The Labute approximate surface area is 222 Å². The summed E-state index contributed by atoms with van der Waals surface area (Å²) in [6, 6.07) is 16.3. The van der Waals surface area contributed by atoms with E-state index in [2.05, 4.69) is 9.88 Å². The molecule has 2 aliphatic rings. The molecule has 1 fully saturated rings. The van der Waals surface area contributed by atoms with Gasteiger partial charge in [-0.1, -0.05) is 18.2 Å². The molecule has 0 radical (unpaired) electrons. The first kappa shape index (κ1) is 25.4. The number of pyridine rings is 1. The summed E-state index contributed by atoms with van der Waals surface area (Å²) in [5, 5.41) is 0. The Morgan fingerprint density at radius 1 is 0.895 bits per heavy atom. The number of amides is 2. The van der Waals surface area contributed by atoms with Gasteiger partial charge in [0.1, 0.15) is 11.6 Å². The second-order valence-corrected chi connectivity index (χ2v) is 9.41. The quantitative estimate of drug-likeness (QED) is 0.497. The molecule has 0 N–H and O–H groups in total. The van der Waals surface area contributed by atoms with Crippen LogP contribution in [0.3, 0.4) is 0 Å². The minimum absolute atomic E-state index is 0.0284. The van der Waals surface area contributed by atoms with E-state index >= 15 is 0 Å². The van der Waals surface area contributed by atoms with Crippen molar-refractivity contribution in [2.45, 2.75) is 12.0 Å². The van der Waals surface area contributed by atoms with E-state index in [0.29, 0.717) is 54.6 Å². The van der Waals surface area contributed by atoms with Gasteiger partial charge >= 0.3 is 0 Å². The largest absolute Gasteiger partial charge is 0.497 e. The zero-order valence-corrected chi connectivity index (χ0v) is 22.1. The number of hydrogen-bond donors (Lipinski definition) is 0. The molecular formula is C29H32N4O5. The average Bonchev–Trinajstić information content (AvgIpc) is 2.98. The number of carbonyl (C=O) groups is 2. The first-order valence-electron chi connectivity index (χ1n) is 12.6. The lowest BCUT2D eigenvalue weighted by Gasteiger charge is -2.43. The molecule has 2 amide bonds. The fourth-order valence-corrected chi connectivity index (χ4v) is 5.43. The zero-order valence-electron chi connectivity index (χ0n) is 22.1. The van der Waals surface area contributed by atoms with Crippen molar-refractivity contribution in [1.29, 1.82) is 0 Å². The van der Waals surface area contributed by atoms with Crippen molar-refractivity contribution in [2.75, 3.05) is 59.5 Å². The highest BCUT2D eigenvalue weighted by atomic mass is 16.5. The van der Waals surface area contributed by atoms with Crippen LogP contribution in [-0.4, -0.2) is 81.2 Å². The lowest BCUT2D eigenvalue weighted by atomic mass is 9.78. The zero-order chi connectivity index (χ0) is 26.8. The SMILES string of the molecule is COc1ccc([C@@H]2[C@H](C(=O)N3CCN(c4ccccn4)CC3)c3cc(OC)c(OC)cc3C(=O)N2C)cc1. The molecule has 3 aromatic rings. The Morgan fingerprint density at radius 3 is 2.18 bits per heavy atom. The second kappa shape index (κ2) is 10.6. The molecule has 0 unspecified atom stereocenters. The Bertz CT molecular complexity index is 1310. The minimum Gasteiger partial charge on any atom is -0.497 e. The number of rotatable bonds is 6. The molecule has 198 valence electrons. The summed E-state index contributed by atoms with van der Waals surface area (Å²) in [5.41, 5.74) is 1.94. The molecule has 1 saturated heterocycles. The van der Waals surface area contributed by atoms with Crippen LogP contribution >= 0.6 is 0 Å². The Kier molecular flexibility index (Phi) is 7.09. The topological polar surface area (TPSA) is 84.4 Å². The van der Waals surface area contributed by atoms with E-state index in [9.17, 15) is 9.59 Å². The van der Waals surface area contributed by atoms with Crippen molar-refractivity contribution < 1.29 is 23.8 Å². The van der Waals surface area contributed by atoms with E-state index in [4.69, 9.17) is 14.2 Å². The monoisotopic (exact) mass is 516 g/mol. The van der Waals surface area contributed by atoms with Gasteiger partial charge in [0.25, 0.3) is 5.91 Å². The third kappa shape index (κ3) is 4.49. The smallest absolute Gasteiger partial charge is 0.254 e. The maximum atomic E-state index is 14.3. The van der Waals surface area contributed by atoms with Crippen LogP contribution in [0.1, 0.15) is 33.4 Å². The number of aromatic nitrogens is 1. The number of nitrogens with zero attached hydrogens (tertiary/aromatic N) is 4. The Hall–Kier alpha value is -4.27. The molecule has 0 saturated carbocycles. The molecule has 3 heterocycles. The standard InChI is InChI=1S/C29H32N4O5/c1-31-27(19-8-10-20(36-2)11-9-19)26(21-17-23(37-3)24(38-4)18-22(21)28(31)34)29(35)33-15-13-32(14-16-33)25-7-5-6-12-30-25/h5-12,17-18,26-27H,13-16H2,1-4H3/t26-,27-/m1/s1. The van der Waals surface area contributed by atoms with Crippen LogP contribution in [0.15, 0.2) is 60.8 Å². The molecule has 2 atom stereocenters. The number of anilines is 1. The minimum atomic E-state index is -0.623. The van der Waals surface area contributed by atoms with Gasteiger partial charge in [0.2, 0.25) is 5.91 Å². The number of ether oxygens (including phenoxy) is 3. The maximum Gasteiger partial charge on any atom is 0.254 e. The maximum absolute atomic E-state index is 14.3. The number of hydrogen-bond acceptors (Lipinski definition) is 7. The van der Waals surface area contributed by atoms with Crippen LogP contribution in [0.2, 0.25) is 0 Å². The van der Waals surface area contributed by atoms with Gasteiger partial charge in [0, 0.05) is 45.0 Å². The normalized spacial score (nSPS) is 19.2. The van der Waals surface area contributed by atoms with E-state index in [1.165, 1.54) is 7.11 Å². The second-order valence-electron chi connectivity index (χ2n) is 9.41. The van der Waals surface area contributed by atoms with Crippen molar-refractivity contribution in [3.05, 3.63) is 77.5 Å². The fraction of sp³-hybridized carbons (Fsp3) is 0.345. The number of piperazine rings is 1. The molecule has 38 heavy (non-hydrogen) atoms. The van der Waals surface area contributed by atoms with Gasteiger partial charge in [-0.05, 0) is 47.5 Å². The van der Waals surface area contributed by atoms with Gasteiger partial charge in [-0.25, -0.2) is 4.98 Å². The van der Waals surface area contributed by atoms with Crippen molar-refractivity contribution in [1.82, 2.24) is 14.8 Å². The summed E-state index contributed by atoms with van der Waals surface area (Å²) in [4.78, 5) is 38.1. The number of carbonyl (C=O) groups excluding carboxylic acids is 2. The lowest BCUT2D eigenvalue weighted by molar-refractivity contribution is -0.134. The molecule has 1 aromatic heterocycles. The summed E-state index contributed by atoms with van der Waals surface area (Å²) < 4.78 is 16.4. The highest BCUT2D eigenvalue weighted by molar-refractivity contribution is 6.02. The number of benzene rings is 2. The number of likely N-dealkylation sites (N-methyl/N-ethyl adjacent to an activating group) is 1. The molecule has 0 aliphatic carbocycles. The fourth-order valence-electron chi connectivity index (χ4n) is 5.43. The van der Waals surface area contributed by atoms with E-state index in [1.807, 2.05) is 47.4 Å². The van der Waals surface area contributed by atoms with Crippen LogP contribution in [0.25, 0.3) is 0 Å². The molecule has 9 nitrogen and oxygen atoms in total. The van der Waals surface area contributed by atoms with Gasteiger partial charge in [0.05, 0.1) is 33.3 Å². The first-order valence-corrected chi connectivity index (χ1v) is 12.6. The molecule has 0 spiro atoms. The van der Waals surface area contributed by atoms with Gasteiger partial charge in [-0.3, -0.25) is 9.59 Å². The summed E-state index contributed by atoms with van der Waals surface area (Å²) in [5.74, 6) is 1.72. The van der Waals surface area contributed by atoms with Crippen LogP contribution < -0.4 is 19.1 Å². The third-order valence-corrected chi connectivity index (χ3v) is 7.46. The first-order chi connectivity index (χ1) is 18.5. The van der Waals surface area contributed by atoms with Crippen LogP contribution in [0.5, 0.6) is 17.2 Å². The summed E-state index contributed by atoms with van der Waals surface area (Å²) in [6.07, 6.45) is 1.78. The van der Waals surface area contributed by atoms with E-state index in [0.717, 1.165) is 11.4 Å². The van der Waals surface area contributed by atoms with Gasteiger partial charge in [0.15, 0.2) is 11.5 Å². The van der Waals surface area contributed by atoms with Crippen LogP contribution in [0.4, 0.5) is 5.82 Å². The van der Waals surface area contributed by atoms with Gasteiger partial charge < -0.3 is 28.9 Å².